The quantitative estimate of drug-likeness (QED) is 0.210. The fourth-order valence-electron chi connectivity index (χ4n) is 7.36. The van der Waals surface area contributed by atoms with Crippen molar-refractivity contribution in [3.8, 4) is 23.0 Å². The lowest BCUT2D eigenvalue weighted by Crippen LogP contribution is -2.44. The van der Waals surface area contributed by atoms with Gasteiger partial charge in [-0.25, -0.2) is 0 Å². The number of allylic oxidation sites excluding steroid dienone is 2. The van der Waals surface area contributed by atoms with Crippen LogP contribution in [0.5, 0.6) is 23.0 Å². The maximum absolute atomic E-state index is 11.3. The zero-order chi connectivity index (χ0) is 28.7. The Morgan fingerprint density at radius 3 is 2.61 bits per heavy atom. The fourth-order valence-corrected chi connectivity index (χ4v) is 7.36. The first-order valence-electron chi connectivity index (χ1n) is 14.8. The Balaban J connectivity index is 1.27. The molecule has 3 aromatic rings. The van der Waals surface area contributed by atoms with Crippen molar-refractivity contribution >= 4 is 0 Å². The van der Waals surface area contributed by atoms with Crippen LogP contribution < -0.4 is 9.72 Å². The van der Waals surface area contributed by atoms with Crippen LogP contribution in [0.25, 0.3) is 0 Å². The lowest BCUT2D eigenvalue weighted by Gasteiger charge is -2.45. The average molecular weight is 559 g/mol. The molecule has 0 unspecified atom stereocenters. The Morgan fingerprint density at radius 1 is 1.00 bits per heavy atom. The van der Waals surface area contributed by atoms with Crippen LogP contribution >= 0.6 is 0 Å². The van der Waals surface area contributed by atoms with Crippen molar-refractivity contribution in [2.45, 2.75) is 82.0 Å². The van der Waals surface area contributed by atoms with E-state index < -0.39 is 12.2 Å². The van der Waals surface area contributed by atoms with Gasteiger partial charge in [-0.15, -0.1) is 0 Å². The van der Waals surface area contributed by atoms with Crippen molar-refractivity contribution in [1.82, 2.24) is 4.98 Å². The second kappa shape index (κ2) is 11.5. The summed E-state index contributed by atoms with van der Waals surface area (Å²) in [5, 5.41) is 43.2. The number of ether oxygens (including phenoxy) is 2. The number of aromatic hydroxyl groups is 3. The minimum Gasteiger partial charge on any atom is -0.670 e. The van der Waals surface area contributed by atoms with Crippen LogP contribution in [0.3, 0.4) is 0 Å². The lowest BCUT2D eigenvalue weighted by atomic mass is 9.71. The van der Waals surface area contributed by atoms with Gasteiger partial charge in [-0.1, -0.05) is 42.8 Å². The molecule has 0 spiro atoms. The first kappa shape index (κ1) is 27.7. The summed E-state index contributed by atoms with van der Waals surface area (Å²) in [5.41, 5.74) is 4.58. The average Bonchev–Trinajstić information content (AvgIpc) is 3.48. The minimum atomic E-state index is -0.542. The van der Waals surface area contributed by atoms with E-state index in [-0.39, 0.29) is 41.1 Å². The predicted octanol–water partition coefficient (Wildman–Crippen LogP) is 6.20. The third kappa shape index (κ3) is 5.45. The molecule has 7 nitrogen and oxygen atoms in total. The molecule has 2 heterocycles. The molecular weight excluding hydrogens is 518 g/mol. The summed E-state index contributed by atoms with van der Waals surface area (Å²) in [5.74, 6) is 1.10. The third-order valence-electron chi connectivity index (χ3n) is 9.54. The number of benzene rings is 2. The van der Waals surface area contributed by atoms with E-state index in [1.54, 1.807) is 18.5 Å². The second-order valence-corrected chi connectivity index (χ2v) is 12.3. The van der Waals surface area contributed by atoms with Gasteiger partial charge in [0.1, 0.15) is 5.75 Å². The third-order valence-corrected chi connectivity index (χ3v) is 9.54. The molecule has 4 N–H and O–H groups in total. The van der Waals surface area contributed by atoms with Gasteiger partial charge in [-0.05, 0) is 73.6 Å². The number of aromatic nitrogens is 1. The van der Waals surface area contributed by atoms with Crippen LogP contribution in [-0.4, -0.2) is 39.7 Å². The molecule has 41 heavy (non-hydrogen) atoms. The van der Waals surface area contributed by atoms with Gasteiger partial charge in [0.2, 0.25) is 5.75 Å². The van der Waals surface area contributed by atoms with Crippen LogP contribution in [0, 0.1) is 11.8 Å². The number of hydrogen-bond acceptors (Lipinski definition) is 6. The van der Waals surface area contributed by atoms with Crippen LogP contribution in [0.1, 0.15) is 91.2 Å². The summed E-state index contributed by atoms with van der Waals surface area (Å²) >= 11 is 0. The number of fused-ring (bicyclic) bond motifs is 1. The Kier molecular flexibility index (Phi) is 7.75. The van der Waals surface area contributed by atoms with Crippen LogP contribution in [0.15, 0.2) is 54.9 Å². The lowest BCUT2D eigenvalue weighted by molar-refractivity contribution is -0.154. The topological polar surface area (TPSA) is 113 Å². The van der Waals surface area contributed by atoms with Gasteiger partial charge in [0.25, 0.3) is 0 Å². The highest BCUT2D eigenvalue weighted by molar-refractivity contribution is 5.59. The Hall–Kier alpha value is -3.42. The highest BCUT2D eigenvalue weighted by Gasteiger charge is 2.43. The summed E-state index contributed by atoms with van der Waals surface area (Å²) < 4.78 is 12.3. The molecule has 1 saturated heterocycles. The van der Waals surface area contributed by atoms with Gasteiger partial charge in [0.05, 0.1) is 25.4 Å². The molecule has 0 bridgehead atoms. The number of hydrogen-bond donors (Lipinski definition) is 4. The van der Waals surface area contributed by atoms with Crippen LogP contribution in [-0.2, 0) is 11.2 Å². The first-order chi connectivity index (χ1) is 19.8. The highest BCUT2D eigenvalue weighted by atomic mass is 16.5. The number of phenolic OH excluding ortho intramolecular Hbond substituents is 3. The van der Waals surface area contributed by atoms with E-state index in [9.17, 15) is 20.4 Å². The van der Waals surface area contributed by atoms with Crippen molar-refractivity contribution in [2.75, 3.05) is 7.11 Å². The molecule has 2 aromatic carbocycles. The maximum Gasteiger partial charge on any atom is 0.200 e. The summed E-state index contributed by atoms with van der Waals surface area (Å²) in [4.78, 5) is 4.16. The van der Waals surface area contributed by atoms with E-state index in [1.807, 2.05) is 18.2 Å². The Bertz CT molecular complexity index is 1400. The molecule has 7 heteroatoms. The van der Waals surface area contributed by atoms with E-state index in [0.717, 1.165) is 48.8 Å². The molecule has 0 amide bonds. The van der Waals surface area contributed by atoms with Gasteiger partial charge in [0.15, 0.2) is 11.5 Å². The Labute approximate surface area is 241 Å². The zero-order valence-electron chi connectivity index (χ0n) is 23.7. The highest BCUT2D eigenvalue weighted by Crippen LogP contribution is 2.50. The molecule has 2 fully saturated rings. The predicted molar refractivity (Wildman–Crippen MR) is 156 cm³/mol. The summed E-state index contributed by atoms with van der Waals surface area (Å²) in [6.45, 7) is 2.26. The summed E-state index contributed by atoms with van der Waals surface area (Å²) in [6.07, 6.45) is 12.3. The molecule has 2 aliphatic carbocycles. The van der Waals surface area contributed by atoms with Crippen molar-refractivity contribution in [1.29, 1.82) is 0 Å². The van der Waals surface area contributed by atoms with Gasteiger partial charge in [-0.3, -0.25) is 0 Å². The van der Waals surface area contributed by atoms with Gasteiger partial charge < -0.3 is 34.9 Å². The van der Waals surface area contributed by atoms with Crippen LogP contribution in [0.2, 0.25) is 0 Å². The van der Waals surface area contributed by atoms with Crippen molar-refractivity contribution < 1.29 is 29.9 Å². The molecule has 1 aromatic heterocycles. The fraction of sp³-hybridized carbons (Fsp3) is 0.471. The molecule has 6 rings (SSSR count). The van der Waals surface area contributed by atoms with E-state index in [2.05, 4.69) is 30.1 Å². The van der Waals surface area contributed by atoms with Crippen molar-refractivity contribution in [3.05, 3.63) is 82.7 Å². The zero-order valence-corrected chi connectivity index (χ0v) is 23.7. The summed E-state index contributed by atoms with van der Waals surface area (Å²) in [7, 11) is 1.47. The monoisotopic (exact) mass is 558 g/mol. The van der Waals surface area contributed by atoms with Gasteiger partial charge in [0, 0.05) is 29.4 Å². The van der Waals surface area contributed by atoms with E-state index in [4.69, 9.17) is 9.47 Å². The van der Waals surface area contributed by atoms with Crippen LogP contribution in [0.4, 0.5) is 0 Å². The number of aliphatic hydroxyl groups is 1. The summed E-state index contributed by atoms with van der Waals surface area (Å²) in [6, 6.07) is 9.50. The molecule has 1 aliphatic heterocycles. The SMILES string of the molecule is COc1c(O)c(O)cc([C@@H]2C[C@H](O)[C@@H]3CC[C@H](c4ccc(O)c([C@H]5C=CC[C@@H](C)C5)c4)C[C@@H]3O2)c1Cc1cc[n-]c1. The van der Waals surface area contributed by atoms with Gasteiger partial charge in [-0.2, -0.15) is 12.4 Å². The maximum atomic E-state index is 11.3. The molecule has 3 aliphatic rings. The Morgan fingerprint density at radius 2 is 1.85 bits per heavy atom. The minimum absolute atomic E-state index is 0.0385. The number of aliphatic hydroxyl groups excluding tert-OH is 1. The number of methoxy groups -OCH3 is 1. The second-order valence-electron chi connectivity index (χ2n) is 12.3. The van der Waals surface area contributed by atoms with E-state index in [0.29, 0.717) is 30.1 Å². The largest absolute Gasteiger partial charge is 0.670 e. The first-order valence-corrected chi connectivity index (χ1v) is 14.8. The molecule has 218 valence electrons. The van der Waals surface area contributed by atoms with Crippen molar-refractivity contribution in [3.63, 3.8) is 0 Å². The molecule has 1 saturated carbocycles. The molecular formula is C34H40NO6-. The number of rotatable bonds is 6. The standard InChI is InChI=1S/C34H40NO6/c1-19-4-3-5-23(12-19)25-14-21(7-9-28(25)36)22-6-8-24-29(37)17-32(41-31(24)15-22)26-16-30(38)33(39)34(40-2)27(26)13-20-10-11-35-18-20/h3,5,7,9-11,14,16,18-19,22-24,29,31-32,36-39H,4,6,8,12-13,15,17H2,1-2H3/q-1/t19-,22+,23+,24+,29+,31+,32+/m1/s1. The normalized spacial score (nSPS) is 29.7. The smallest absolute Gasteiger partial charge is 0.200 e. The molecule has 7 atom stereocenters. The van der Waals surface area contributed by atoms with Gasteiger partial charge >= 0.3 is 0 Å². The molecule has 0 radical (unpaired) electrons. The van der Waals surface area contributed by atoms with E-state index >= 15 is 0 Å². The van der Waals surface area contributed by atoms with E-state index in [1.165, 1.54) is 12.7 Å². The van der Waals surface area contributed by atoms with Crippen molar-refractivity contribution in [2.24, 2.45) is 11.8 Å². The number of nitrogens with zero attached hydrogens (tertiary/aromatic N) is 1. The number of phenols is 3.